The molecule has 0 radical (unpaired) electrons. The fourth-order valence-electron chi connectivity index (χ4n) is 1.72. The van der Waals surface area contributed by atoms with Crippen LogP contribution >= 0.6 is 31.9 Å². The van der Waals surface area contributed by atoms with Crippen LogP contribution in [0.25, 0.3) is 0 Å². The molecule has 0 aliphatic rings. The van der Waals surface area contributed by atoms with Gasteiger partial charge in [-0.25, -0.2) is 4.39 Å². The molecule has 2 rings (SSSR count). The zero-order chi connectivity index (χ0) is 14.9. The van der Waals surface area contributed by atoms with E-state index in [1.807, 2.05) is 0 Å². The summed E-state index contributed by atoms with van der Waals surface area (Å²) in [4.78, 5) is 22.2. The highest BCUT2D eigenvalue weighted by molar-refractivity contribution is 9.11. The van der Waals surface area contributed by atoms with Crippen LogP contribution in [0.5, 0.6) is 0 Å². The minimum atomic E-state index is -0.604. The summed E-state index contributed by atoms with van der Waals surface area (Å²) in [7, 11) is 0. The summed E-state index contributed by atoms with van der Waals surface area (Å²) in [6.07, 6.45) is 1.49. The first-order chi connectivity index (χ1) is 9.38. The lowest BCUT2D eigenvalue weighted by Crippen LogP contribution is -2.21. The summed E-state index contributed by atoms with van der Waals surface area (Å²) in [5, 5.41) is 10.9. The molecule has 0 aliphatic carbocycles. The molecule has 2 aromatic rings. The number of hydrogen-bond acceptors (Lipinski definition) is 3. The Morgan fingerprint density at radius 2 is 2.00 bits per heavy atom. The monoisotopic (exact) mass is 404 g/mol. The molecule has 0 atom stereocenters. The van der Waals surface area contributed by atoms with E-state index in [0.29, 0.717) is 8.95 Å². The molecule has 0 aliphatic heterocycles. The molecule has 0 spiro atoms. The third kappa shape index (κ3) is 3.13. The van der Waals surface area contributed by atoms with Gasteiger partial charge in [0.15, 0.2) is 0 Å². The predicted octanol–water partition coefficient (Wildman–Crippen LogP) is 3.47. The summed E-state index contributed by atoms with van der Waals surface area (Å²) >= 11 is 6.33. The standard InChI is InChI=1S/C12H7Br2FN2O3/c13-8-4-10(14)12(18)16(6-8)5-7-3-9(15)1-2-11(7)17(19)20/h1-4,6H,5H2. The minimum Gasteiger partial charge on any atom is -0.309 e. The van der Waals surface area contributed by atoms with E-state index in [2.05, 4.69) is 31.9 Å². The molecule has 5 nitrogen and oxygen atoms in total. The Balaban J connectivity index is 2.52. The molecule has 1 aromatic heterocycles. The molecule has 0 saturated heterocycles. The van der Waals surface area contributed by atoms with Crippen molar-refractivity contribution in [2.45, 2.75) is 6.54 Å². The van der Waals surface area contributed by atoms with Gasteiger partial charge in [0.2, 0.25) is 0 Å². The number of nitro groups is 1. The van der Waals surface area contributed by atoms with Crippen molar-refractivity contribution < 1.29 is 9.31 Å². The normalized spacial score (nSPS) is 10.6. The number of nitro benzene ring substituents is 1. The largest absolute Gasteiger partial charge is 0.309 e. The van der Waals surface area contributed by atoms with Gasteiger partial charge in [-0.15, -0.1) is 0 Å². The Labute approximate surface area is 129 Å². The molecule has 0 unspecified atom stereocenters. The fourth-order valence-corrected chi connectivity index (χ4v) is 2.98. The molecule has 0 fully saturated rings. The Morgan fingerprint density at radius 1 is 1.30 bits per heavy atom. The van der Waals surface area contributed by atoms with E-state index in [9.17, 15) is 19.3 Å². The average molecular weight is 406 g/mol. The number of pyridine rings is 1. The van der Waals surface area contributed by atoms with E-state index in [4.69, 9.17) is 0 Å². The molecule has 0 bridgehead atoms. The molecular formula is C12H7Br2FN2O3. The van der Waals surface area contributed by atoms with E-state index >= 15 is 0 Å². The maximum Gasteiger partial charge on any atom is 0.274 e. The van der Waals surface area contributed by atoms with Crippen molar-refractivity contribution in [3.05, 3.63) is 71.3 Å². The van der Waals surface area contributed by atoms with Crippen molar-refractivity contribution >= 4 is 37.5 Å². The summed E-state index contributed by atoms with van der Waals surface area (Å²) < 4.78 is 15.4. The summed E-state index contributed by atoms with van der Waals surface area (Å²) in [5.41, 5.74) is -0.455. The zero-order valence-electron chi connectivity index (χ0n) is 9.85. The Kier molecular flexibility index (Phi) is 4.34. The van der Waals surface area contributed by atoms with Gasteiger partial charge in [0.25, 0.3) is 11.2 Å². The van der Waals surface area contributed by atoms with Crippen LogP contribution in [0.4, 0.5) is 10.1 Å². The quantitative estimate of drug-likeness (QED) is 0.580. The molecule has 0 N–H and O–H groups in total. The van der Waals surface area contributed by atoms with Crippen LogP contribution < -0.4 is 5.56 Å². The van der Waals surface area contributed by atoms with Crippen LogP contribution in [0, 0.1) is 15.9 Å². The topological polar surface area (TPSA) is 65.1 Å². The Bertz CT molecular complexity index is 746. The highest BCUT2D eigenvalue weighted by Gasteiger charge is 2.16. The van der Waals surface area contributed by atoms with Crippen molar-refractivity contribution in [1.29, 1.82) is 0 Å². The number of aromatic nitrogens is 1. The minimum absolute atomic E-state index is 0.0923. The highest BCUT2D eigenvalue weighted by atomic mass is 79.9. The molecule has 1 aromatic carbocycles. The third-order valence-electron chi connectivity index (χ3n) is 2.59. The lowest BCUT2D eigenvalue weighted by Gasteiger charge is -2.08. The third-order valence-corrected chi connectivity index (χ3v) is 3.59. The number of benzene rings is 1. The first-order valence-corrected chi connectivity index (χ1v) is 6.95. The second-order valence-corrected chi connectivity index (χ2v) is 5.74. The van der Waals surface area contributed by atoms with E-state index in [0.717, 1.165) is 18.2 Å². The van der Waals surface area contributed by atoms with Crippen molar-refractivity contribution in [3.8, 4) is 0 Å². The van der Waals surface area contributed by atoms with E-state index in [1.165, 1.54) is 10.8 Å². The number of nitrogens with zero attached hydrogens (tertiary/aromatic N) is 2. The van der Waals surface area contributed by atoms with Gasteiger partial charge in [0.1, 0.15) is 5.82 Å². The maximum atomic E-state index is 13.2. The van der Waals surface area contributed by atoms with E-state index in [1.54, 1.807) is 6.07 Å². The first kappa shape index (κ1) is 14.9. The summed E-state index contributed by atoms with van der Waals surface area (Å²) in [6.45, 7) is -0.0923. The second-order valence-electron chi connectivity index (χ2n) is 3.97. The van der Waals surface area contributed by atoms with Gasteiger partial charge in [0.05, 0.1) is 21.5 Å². The van der Waals surface area contributed by atoms with E-state index in [-0.39, 0.29) is 23.4 Å². The van der Waals surface area contributed by atoms with Crippen molar-refractivity contribution in [2.24, 2.45) is 0 Å². The Morgan fingerprint density at radius 3 is 2.65 bits per heavy atom. The number of hydrogen-bond donors (Lipinski definition) is 0. The maximum absolute atomic E-state index is 13.2. The van der Waals surface area contributed by atoms with Crippen molar-refractivity contribution in [3.63, 3.8) is 0 Å². The lowest BCUT2D eigenvalue weighted by atomic mass is 10.1. The van der Waals surface area contributed by atoms with Gasteiger partial charge in [-0.2, -0.15) is 0 Å². The van der Waals surface area contributed by atoms with Crippen LogP contribution in [0.15, 0.2) is 44.2 Å². The molecule has 0 saturated carbocycles. The SMILES string of the molecule is O=c1c(Br)cc(Br)cn1Cc1cc(F)ccc1[N+](=O)[O-]. The lowest BCUT2D eigenvalue weighted by molar-refractivity contribution is -0.385. The predicted molar refractivity (Wildman–Crippen MR) is 78.3 cm³/mol. The van der Waals surface area contributed by atoms with Gasteiger partial charge in [-0.05, 0) is 50.1 Å². The van der Waals surface area contributed by atoms with Gasteiger partial charge >= 0.3 is 0 Å². The van der Waals surface area contributed by atoms with Gasteiger partial charge in [0, 0.05) is 16.7 Å². The average Bonchev–Trinajstić information content (AvgIpc) is 2.35. The van der Waals surface area contributed by atoms with Crippen molar-refractivity contribution in [2.75, 3.05) is 0 Å². The van der Waals surface area contributed by atoms with Gasteiger partial charge in [-0.1, -0.05) is 0 Å². The molecule has 0 amide bonds. The highest BCUT2D eigenvalue weighted by Crippen LogP contribution is 2.21. The van der Waals surface area contributed by atoms with E-state index < -0.39 is 10.7 Å². The van der Waals surface area contributed by atoms with Crippen LogP contribution in [0.2, 0.25) is 0 Å². The molecule has 20 heavy (non-hydrogen) atoms. The number of rotatable bonds is 3. The zero-order valence-corrected chi connectivity index (χ0v) is 13.0. The molecular weight excluding hydrogens is 399 g/mol. The van der Waals surface area contributed by atoms with Crippen LogP contribution in [-0.2, 0) is 6.54 Å². The van der Waals surface area contributed by atoms with Crippen LogP contribution in [-0.4, -0.2) is 9.49 Å². The molecule has 1 heterocycles. The van der Waals surface area contributed by atoms with Crippen molar-refractivity contribution in [1.82, 2.24) is 4.57 Å². The Hall–Kier alpha value is -1.54. The molecule has 104 valence electrons. The summed E-state index contributed by atoms with van der Waals surface area (Å²) in [6, 6.07) is 4.72. The number of halogens is 3. The van der Waals surface area contributed by atoms with Crippen LogP contribution in [0.3, 0.4) is 0 Å². The fraction of sp³-hybridized carbons (Fsp3) is 0.0833. The van der Waals surface area contributed by atoms with Crippen LogP contribution in [0.1, 0.15) is 5.56 Å². The molecule has 8 heteroatoms. The summed E-state index contributed by atoms with van der Waals surface area (Å²) in [5.74, 6) is -0.590. The second kappa shape index (κ2) is 5.84. The van der Waals surface area contributed by atoms with Gasteiger partial charge < -0.3 is 4.57 Å². The first-order valence-electron chi connectivity index (χ1n) is 5.37. The smallest absolute Gasteiger partial charge is 0.274 e. The van der Waals surface area contributed by atoms with Gasteiger partial charge in [-0.3, -0.25) is 14.9 Å².